The van der Waals surface area contributed by atoms with E-state index in [1.807, 2.05) is 24.3 Å². The minimum Gasteiger partial charge on any atom is -0.374 e. The molecule has 1 atom stereocenters. The molecule has 6 nitrogen and oxygen atoms in total. The van der Waals surface area contributed by atoms with Crippen LogP contribution in [0.15, 0.2) is 48.5 Å². The van der Waals surface area contributed by atoms with E-state index in [0.717, 1.165) is 9.26 Å². The van der Waals surface area contributed by atoms with Gasteiger partial charge in [-0.3, -0.25) is 14.9 Å². The third kappa shape index (κ3) is 4.17. The molecule has 7 heteroatoms. The lowest BCUT2D eigenvalue weighted by Crippen LogP contribution is -2.32. The molecule has 2 aromatic rings. The van der Waals surface area contributed by atoms with E-state index in [4.69, 9.17) is 0 Å². The van der Waals surface area contributed by atoms with Gasteiger partial charge in [0.2, 0.25) is 5.91 Å². The quantitative estimate of drug-likeness (QED) is 0.447. The highest BCUT2D eigenvalue weighted by Crippen LogP contribution is 2.23. The summed E-state index contributed by atoms with van der Waals surface area (Å²) >= 11 is 2.18. The minimum absolute atomic E-state index is 0.127. The molecule has 0 fully saturated rings. The fraction of sp³-hybridized carbons (Fsp3) is 0.133. The molecule has 0 aliphatic heterocycles. The van der Waals surface area contributed by atoms with Crippen LogP contribution in [0.1, 0.15) is 6.92 Å². The molecule has 22 heavy (non-hydrogen) atoms. The summed E-state index contributed by atoms with van der Waals surface area (Å²) in [5.41, 5.74) is 0.878. The van der Waals surface area contributed by atoms with Crippen LogP contribution in [0, 0.1) is 13.7 Å². The maximum Gasteiger partial charge on any atom is 0.292 e. The topological polar surface area (TPSA) is 84.3 Å². The molecule has 0 heterocycles. The number of para-hydroxylation sites is 2. The number of anilines is 2. The number of hydrogen-bond donors (Lipinski definition) is 2. The molecule has 0 unspecified atom stereocenters. The predicted octanol–water partition coefficient (Wildman–Crippen LogP) is 3.64. The van der Waals surface area contributed by atoms with Crippen LogP contribution < -0.4 is 10.6 Å². The van der Waals surface area contributed by atoms with E-state index in [-0.39, 0.29) is 17.3 Å². The highest BCUT2D eigenvalue weighted by Gasteiger charge is 2.18. The SMILES string of the molecule is C[C@H](Nc1cccc(I)c1)C(=O)Nc1ccccc1[N+](=O)[O-]. The maximum absolute atomic E-state index is 12.2. The van der Waals surface area contributed by atoms with Gasteiger partial charge in [-0.05, 0) is 53.8 Å². The van der Waals surface area contributed by atoms with Crippen LogP contribution in [-0.2, 0) is 4.79 Å². The third-order valence-electron chi connectivity index (χ3n) is 2.96. The van der Waals surface area contributed by atoms with Gasteiger partial charge in [-0.15, -0.1) is 0 Å². The van der Waals surface area contributed by atoms with Gasteiger partial charge in [0.25, 0.3) is 5.69 Å². The number of amides is 1. The third-order valence-corrected chi connectivity index (χ3v) is 3.63. The fourth-order valence-electron chi connectivity index (χ4n) is 1.87. The number of hydrogen-bond acceptors (Lipinski definition) is 4. The van der Waals surface area contributed by atoms with E-state index in [9.17, 15) is 14.9 Å². The Morgan fingerprint density at radius 1 is 1.23 bits per heavy atom. The van der Waals surface area contributed by atoms with Crippen LogP contribution in [0.25, 0.3) is 0 Å². The summed E-state index contributed by atoms with van der Waals surface area (Å²) in [7, 11) is 0. The summed E-state index contributed by atoms with van der Waals surface area (Å²) in [5, 5.41) is 16.6. The predicted molar refractivity (Wildman–Crippen MR) is 94.0 cm³/mol. The molecule has 1 amide bonds. The second kappa shape index (κ2) is 7.21. The largest absolute Gasteiger partial charge is 0.374 e. The summed E-state index contributed by atoms with van der Waals surface area (Å²) in [6.07, 6.45) is 0. The summed E-state index contributed by atoms with van der Waals surface area (Å²) in [6.45, 7) is 1.70. The van der Waals surface area contributed by atoms with Crippen molar-refractivity contribution in [2.24, 2.45) is 0 Å². The lowest BCUT2D eigenvalue weighted by Gasteiger charge is -2.15. The van der Waals surface area contributed by atoms with E-state index in [1.165, 1.54) is 12.1 Å². The normalized spacial score (nSPS) is 11.5. The highest BCUT2D eigenvalue weighted by atomic mass is 127. The maximum atomic E-state index is 12.2. The number of carbonyl (C=O) groups excluding carboxylic acids is 1. The van der Waals surface area contributed by atoms with Crippen molar-refractivity contribution in [3.8, 4) is 0 Å². The number of nitro groups is 1. The van der Waals surface area contributed by atoms with Gasteiger partial charge in [-0.1, -0.05) is 18.2 Å². The Morgan fingerprint density at radius 2 is 1.95 bits per heavy atom. The first kappa shape index (κ1) is 16.2. The van der Waals surface area contributed by atoms with E-state index in [2.05, 4.69) is 33.2 Å². The zero-order valence-electron chi connectivity index (χ0n) is 11.7. The van der Waals surface area contributed by atoms with E-state index in [0.29, 0.717) is 0 Å². The Labute approximate surface area is 141 Å². The molecule has 0 saturated heterocycles. The number of rotatable bonds is 5. The second-order valence-corrected chi connectivity index (χ2v) is 5.89. The summed E-state index contributed by atoms with van der Waals surface area (Å²) in [6, 6.07) is 13.1. The Bertz CT molecular complexity index is 706. The van der Waals surface area contributed by atoms with Crippen LogP contribution in [0.4, 0.5) is 17.1 Å². The van der Waals surface area contributed by atoms with Crippen LogP contribution >= 0.6 is 22.6 Å². The lowest BCUT2D eigenvalue weighted by atomic mass is 10.2. The molecule has 0 bridgehead atoms. The van der Waals surface area contributed by atoms with Crippen molar-refractivity contribution in [1.82, 2.24) is 0 Å². The molecule has 2 aromatic carbocycles. The van der Waals surface area contributed by atoms with Crippen molar-refractivity contribution in [2.45, 2.75) is 13.0 Å². The van der Waals surface area contributed by atoms with Crippen molar-refractivity contribution in [2.75, 3.05) is 10.6 Å². The average Bonchev–Trinajstić information content (AvgIpc) is 2.47. The zero-order chi connectivity index (χ0) is 16.1. The second-order valence-electron chi connectivity index (χ2n) is 4.64. The van der Waals surface area contributed by atoms with Crippen molar-refractivity contribution in [1.29, 1.82) is 0 Å². The number of halogens is 1. The van der Waals surface area contributed by atoms with Crippen molar-refractivity contribution >= 4 is 45.6 Å². The Kier molecular flexibility index (Phi) is 5.31. The van der Waals surface area contributed by atoms with Gasteiger partial charge in [-0.25, -0.2) is 0 Å². The highest BCUT2D eigenvalue weighted by molar-refractivity contribution is 14.1. The Morgan fingerprint density at radius 3 is 2.64 bits per heavy atom. The van der Waals surface area contributed by atoms with Gasteiger partial charge in [0, 0.05) is 15.3 Å². The summed E-state index contributed by atoms with van der Waals surface area (Å²) < 4.78 is 1.05. The Balaban J connectivity index is 2.07. The molecule has 2 N–H and O–H groups in total. The van der Waals surface area contributed by atoms with Crippen molar-refractivity contribution in [3.05, 3.63) is 62.2 Å². The minimum atomic E-state index is -0.530. The molecular formula is C15H14IN3O3. The fourth-order valence-corrected chi connectivity index (χ4v) is 2.42. The smallest absolute Gasteiger partial charge is 0.292 e. The van der Waals surface area contributed by atoms with Gasteiger partial charge >= 0.3 is 0 Å². The molecule has 0 aliphatic carbocycles. The molecule has 0 radical (unpaired) electrons. The first-order chi connectivity index (χ1) is 10.5. The van der Waals surface area contributed by atoms with Crippen LogP contribution in [0.2, 0.25) is 0 Å². The van der Waals surface area contributed by atoms with Crippen molar-refractivity contribution in [3.63, 3.8) is 0 Å². The Hall–Kier alpha value is -2.16. The van der Waals surface area contributed by atoms with Crippen LogP contribution in [-0.4, -0.2) is 16.9 Å². The number of carbonyl (C=O) groups is 1. The molecule has 0 saturated carbocycles. The monoisotopic (exact) mass is 411 g/mol. The first-order valence-electron chi connectivity index (χ1n) is 6.54. The average molecular weight is 411 g/mol. The summed E-state index contributed by atoms with van der Waals surface area (Å²) in [5.74, 6) is -0.340. The van der Waals surface area contributed by atoms with Gasteiger partial charge in [0.1, 0.15) is 11.7 Å². The van der Waals surface area contributed by atoms with E-state index < -0.39 is 11.0 Å². The molecule has 0 spiro atoms. The zero-order valence-corrected chi connectivity index (χ0v) is 13.9. The molecular weight excluding hydrogens is 397 g/mol. The van der Waals surface area contributed by atoms with Crippen LogP contribution in [0.5, 0.6) is 0 Å². The van der Waals surface area contributed by atoms with E-state index in [1.54, 1.807) is 19.1 Å². The number of benzene rings is 2. The van der Waals surface area contributed by atoms with E-state index >= 15 is 0 Å². The van der Waals surface area contributed by atoms with Crippen molar-refractivity contribution < 1.29 is 9.72 Å². The molecule has 114 valence electrons. The number of nitrogens with one attached hydrogen (secondary N) is 2. The van der Waals surface area contributed by atoms with Crippen LogP contribution in [0.3, 0.4) is 0 Å². The van der Waals surface area contributed by atoms with Gasteiger partial charge in [0.15, 0.2) is 0 Å². The number of nitro benzene ring substituents is 1. The van der Waals surface area contributed by atoms with Gasteiger partial charge in [0.05, 0.1) is 4.92 Å². The molecule has 0 aliphatic rings. The van der Waals surface area contributed by atoms with Gasteiger partial charge < -0.3 is 10.6 Å². The number of nitrogens with zero attached hydrogens (tertiary/aromatic N) is 1. The first-order valence-corrected chi connectivity index (χ1v) is 7.61. The summed E-state index contributed by atoms with van der Waals surface area (Å²) in [4.78, 5) is 22.6. The van der Waals surface area contributed by atoms with Gasteiger partial charge in [-0.2, -0.15) is 0 Å². The standard InChI is InChI=1S/C15H14IN3O3/c1-10(17-12-6-4-5-11(16)9-12)15(20)18-13-7-2-3-8-14(13)19(21)22/h2-10,17H,1H3,(H,18,20)/t10-/m0/s1. The molecule has 2 rings (SSSR count). The molecule has 0 aromatic heterocycles. The lowest BCUT2D eigenvalue weighted by molar-refractivity contribution is -0.383.